The third-order valence-electron chi connectivity index (χ3n) is 3.44. The van der Waals surface area contributed by atoms with Crippen LogP contribution in [0.2, 0.25) is 0 Å². The smallest absolute Gasteiger partial charge is 0.166 e. The normalized spacial score (nSPS) is 18.3. The summed E-state index contributed by atoms with van der Waals surface area (Å²) in [7, 11) is 0. The third-order valence-corrected chi connectivity index (χ3v) is 4.41. The summed E-state index contributed by atoms with van der Waals surface area (Å²) in [6.07, 6.45) is 7.62. The first-order chi connectivity index (χ1) is 8.74. The fraction of sp³-hybridized carbons (Fsp3) is 0.643. The summed E-state index contributed by atoms with van der Waals surface area (Å²) in [5.41, 5.74) is 1.39. The van der Waals surface area contributed by atoms with E-state index in [4.69, 9.17) is 12.2 Å². The van der Waals surface area contributed by atoms with Gasteiger partial charge in [-0.3, -0.25) is 0 Å². The molecule has 1 heterocycles. The molecule has 1 atom stereocenters. The van der Waals surface area contributed by atoms with E-state index >= 15 is 0 Å². The van der Waals surface area contributed by atoms with Crippen molar-refractivity contribution in [2.24, 2.45) is 0 Å². The van der Waals surface area contributed by atoms with E-state index in [2.05, 4.69) is 34.4 Å². The number of hydrogen-bond donors (Lipinski definition) is 2. The topological polar surface area (TPSA) is 24.1 Å². The lowest BCUT2D eigenvalue weighted by molar-refractivity contribution is 0.410. The summed E-state index contributed by atoms with van der Waals surface area (Å²) in [6.45, 7) is 2.19. The standard InChI is InChI=1S/C14H22N2S2/c1-11(9-12-7-8-18-10-12)15-14(17)16-13-5-3-2-4-6-13/h7-8,10-11,13H,2-6,9H2,1H3,(H2,15,16,17). The van der Waals surface area contributed by atoms with Gasteiger partial charge in [-0.15, -0.1) is 0 Å². The van der Waals surface area contributed by atoms with Gasteiger partial charge in [0, 0.05) is 12.1 Å². The lowest BCUT2D eigenvalue weighted by Crippen LogP contribution is -2.46. The van der Waals surface area contributed by atoms with Gasteiger partial charge < -0.3 is 10.6 Å². The Morgan fingerprint density at radius 2 is 2.22 bits per heavy atom. The molecule has 0 aliphatic heterocycles. The maximum atomic E-state index is 5.39. The first kappa shape index (κ1) is 13.8. The van der Waals surface area contributed by atoms with Gasteiger partial charge in [0.1, 0.15) is 0 Å². The van der Waals surface area contributed by atoms with Crippen LogP contribution in [0.3, 0.4) is 0 Å². The van der Waals surface area contributed by atoms with E-state index in [1.54, 1.807) is 11.3 Å². The summed E-state index contributed by atoms with van der Waals surface area (Å²) >= 11 is 7.14. The van der Waals surface area contributed by atoms with E-state index in [1.165, 1.54) is 37.7 Å². The van der Waals surface area contributed by atoms with E-state index in [0.29, 0.717) is 12.1 Å². The fourth-order valence-corrected chi connectivity index (χ4v) is 3.56. The summed E-state index contributed by atoms with van der Waals surface area (Å²) in [5, 5.41) is 12.0. The quantitative estimate of drug-likeness (QED) is 0.827. The minimum absolute atomic E-state index is 0.392. The highest BCUT2D eigenvalue weighted by Crippen LogP contribution is 2.17. The van der Waals surface area contributed by atoms with Crippen molar-refractivity contribution in [2.75, 3.05) is 0 Å². The van der Waals surface area contributed by atoms with Crippen LogP contribution < -0.4 is 10.6 Å². The van der Waals surface area contributed by atoms with Gasteiger partial charge in [0.25, 0.3) is 0 Å². The average molecular weight is 282 g/mol. The molecule has 1 aliphatic rings. The Morgan fingerprint density at radius 1 is 1.44 bits per heavy atom. The maximum Gasteiger partial charge on any atom is 0.166 e. The molecular formula is C14H22N2S2. The molecule has 0 aromatic carbocycles. The molecule has 2 N–H and O–H groups in total. The van der Waals surface area contributed by atoms with Gasteiger partial charge in [0.05, 0.1) is 0 Å². The minimum Gasteiger partial charge on any atom is -0.360 e. The van der Waals surface area contributed by atoms with Crippen LogP contribution in [0.1, 0.15) is 44.6 Å². The zero-order valence-corrected chi connectivity index (χ0v) is 12.6. The van der Waals surface area contributed by atoms with Gasteiger partial charge in [-0.1, -0.05) is 19.3 Å². The van der Waals surface area contributed by atoms with Gasteiger partial charge >= 0.3 is 0 Å². The fourth-order valence-electron chi connectivity index (χ4n) is 2.51. The molecule has 2 nitrogen and oxygen atoms in total. The number of rotatable bonds is 4. The number of thiocarbonyl (C=S) groups is 1. The Morgan fingerprint density at radius 3 is 2.89 bits per heavy atom. The molecule has 0 saturated heterocycles. The molecule has 1 aliphatic carbocycles. The molecule has 2 rings (SSSR count). The van der Waals surface area contributed by atoms with Crippen LogP contribution in [0.25, 0.3) is 0 Å². The monoisotopic (exact) mass is 282 g/mol. The highest BCUT2D eigenvalue weighted by molar-refractivity contribution is 7.80. The zero-order chi connectivity index (χ0) is 12.8. The molecule has 4 heteroatoms. The van der Waals surface area contributed by atoms with Crippen LogP contribution in [0.15, 0.2) is 16.8 Å². The van der Waals surface area contributed by atoms with E-state index in [-0.39, 0.29) is 0 Å². The first-order valence-electron chi connectivity index (χ1n) is 6.82. The van der Waals surface area contributed by atoms with E-state index < -0.39 is 0 Å². The first-order valence-corrected chi connectivity index (χ1v) is 8.17. The average Bonchev–Trinajstić information content (AvgIpc) is 2.82. The van der Waals surface area contributed by atoms with Crippen molar-refractivity contribution < 1.29 is 0 Å². The molecule has 0 amide bonds. The number of nitrogens with one attached hydrogen (secondary N) is 2. The van der Waals surface area contributed by atoms with Crippen molar-refractivity contribution in [1.82, 2.24) is 10.6 Å². The Balaban J connectivity index is 1.69. The predicted octanol–water partition coefficient (Wildman–Crippen LogP) is 3.48. The highest BCUT2D eigenvalue weighted by atomic mass is 32.1. The van der Waals surface area contributed by atoms with Crippen LogP contribution in [0.5, 0.6) is 0 Å². The lowest BCUT2D eigenvalue weighted by Gasteiger charge is -2.25. The SMILES string of the molecule is CC(Cc1ccsc1)NC(=S)NC1CCCCC1. The second-order valence-corrected chi connectivity index (χ2v) is 6.38. The lowest BCUT2D eigenvalue weighted by atomic mass is 9.96. The van der Waals surface area contributed by atoms with E-state index in [9.17, 15) is 0 Å². The van der Waals surface area contributed by atoms with Crippen molar-refractivity contribution in [3.63, 3.8) is 0 Å². The highest BCUT2D eigenvalue weighted by Gasteiger charge is 2.14. The molecule has 1 aromatic heterocycles. The molecule has 0 bridgehead atoms. The molecular weight excluding hydrogens is 260 g/mol. The van der Waals surface area contributed by atoms with Crippen LogP contribution in [0.4, 0.5) is 0 Å². The second-order valence-electron chi connectivity index (χ2n) is 5.19. The van der Waals surface area contributed by atoms with Crippen molar-refractivity contribution >= 4 is 28.7 Å². The van der Waals surface area contributed by atoms with Crippen molar-refractivity contribution in [3.8, 4) is 0 Å². The Kier molecular flexibility index (Phi) is 5.45. The Bertz CT molecular complexity index is 356. The summed E-state index contributed by atoms with van der Waals surface area (Å²) in [5.74, 6) is 0. The predicted molar refractivity (Wildman–Crippen MR) is 83.2 cm³/mol. The van der Waals surface area contributed by atoms with Gasteiger partial charge in [-0.25, -0.2) is 0 Å². The van der Waals surface area contributed by atoms with Crippen molar-refractivity contribution in [2.45, 2.75) is 57.5 Å². The Labute approximate surface area is 119 Å². The molecule has 18 heavy (non-hydrogen) atoms. The second kappa shape index (κ2) is 7.10. The van der Waals surface area contributed by atoms with E-state index in [1.807, 2.05) is 0 Å². The molecule has 1 unspecified atom stereocenters. The zero-order valence-electron chi connectivity index (χ0n) is 10.9. The molecule has 1 saturated carbocycles. The summed E-state index contributed by atoms with van der Waals surface area (Å²) in [4.78, 5) is 0. The van der Waals surface area contributed by atoms with Gasteiger partial charge in [0.2, 0.25) is 0 Å². The molecule has 100 valence electrons. The molecule has 0 spiro atoms. The number of thiophene rings is 1. The van der Waals surface area contributed by atoms with Crippen molar-refractivity contribution in [3.05, 3.63) is 22.4 Å². The molecule has 1 aromatic rings. The van der Waals surface area contributed by atoms with Crippen LogP contribution in [0, 0.1) is 0 Å². The third kappa shape index (κ3) is 4.58. The van der Waals surface area contributed by atoms with Gasteiger partial charge in [-0.2, -0.15) is 11.3 Å². The van der Waals surface area contributed by atoms with Crippen LogP contribution in [-0.4, -0.2) is 17.2 Å². The summed E-state index contributed by atoms with van der Waals surface area (Å²) < 4.78 is 0. The van der Waals surface area contributed by atoms with E-state index in [0.717, 1.165) is 11.5 Å². The minimum atomic E-state index is 0.392. The van der Waals surface area contributed by atoms with Gasteiger partial charge in [-0.05, 0) is 60.8 Å². The maximum absolute atomic E-state index is 5.39. The largest absolute Gasteiger partial charge is 0.360 e. The molecule has 1 fully saturated rings. The van der Waals surface area contributed by atoms with Gasteiger partial charge in [0.15, 0.2) is 5.11 Å². The van der Waals surface area contributed by atoms with Crippen molar-refractivity contribution in [1.29, 1.82) is 0 Å². The summed E-state index contributed by atoms with van der Waals surface area (Å²) in [6, 6.07) is 3.16. The molecule has 0 radical (unpaired) electrons. The number of hydrogen-bond acceptors (Lipinski definition) is 2. The Hall–Kier alpha value is -0.610. The van der Waals surface area contributed by atoms with Crippen LogP contribution >= 0.6 is 23.6 Å². The van der Waals surface area contributed by atoms with Crippen LogP contribution in [-0.2, 0) is 6.42 Å².